The summed E-state index contributed by atoms with van der Waals surface area (Å²) < 4.78 is 31.9. The van der Waals surface area contributed by atoms with Crippen LogP contribution in [0.25, 0.3) is 10.9 Å². The first-order valence-electron chi connectivity index (χ1n) is 12.7. The molecule has 0 saturated carbocycles. The van der Waals surface area contributed by atoms with Crippen LogP contribution in [0.5, 0.6) is 0 Å². The van der Waals surface area contributed by atoms with E-state index in [2.05, 4.69) is 44.2 Å². The zero-order valence-electron chi connectivity index (χ0n) is 22.3. The van der Waals surface area contributed by atoms with Crippen LogP contribution < -0.4 is 0 Å². The van der Waals surface area contributed by atoms with Crippen molar-refractivity contribution in [3.05, 3.63) is 101 Å². The van der Waals surface area contributed by atoms with Crippen molar-refractivity contribution in [2.24, 2.45) is 0 Å². The molecule has 0 N–H and O–H groups in total. The van der Waals surface area contributed by atoms with Gasteiger partial charge in [0.05, 0.1) is 23.2 Å². The number of ketones is 1. The van der Waals surface area contributed by atoms with Gasteiger partial charge in [-0.3, -0.25) is 4.79 Å². The van der Waals surface area contributed by atoms with Crippen LogP contribution in [0.4, 0.5) is 0 Å². The van der Waals surface area contributed by atoms with Gasteiger partial charge in [0.2, 0.25) is 10.0 Å². The van der Waals surface area contributed by atoms with E-state index in [1.807, 2.05) is 55.5 Å². The number of aromatic nitrogens is 1. The summed E-state index contributed by atoms with van der Waals surface area (Å²) in [5.74, 6) is -0.154. The minimum Gasteiger partial charge on any atom is -0.365 e. The standard InChI is InChI=1S/C30H34N2O3SSi/c1-21-16-18-23(19-17-21)36(34,35)31-20-26(33)29-27(28(31)22-12-8-7-9-13-22)24-14-10-11-15-25(24)32(29)37(5,6)30(2,3)4/h7-19,28H,20H2,1-6H3. The number of para-hydroxylation sites is 1. The number of sulfonamides is 1. The van der Waals surface area contributed by atoms with Crippen LogP contribution >= 0.6 is 0 Å². The molecule has 5 rings (SSSR count). The van der Waals surface area contributed by atoms with E-state index in [0.29, 0.717) is 5.69 Å². The third kappa shape index (κ3) is 4.00. The summed E-state index contributed by atoms with van der Waals surface area (Å²) in [5, 5.41) is 0.907. The topological polar surface area (TPSA) is 59.4 Å². The largest absolute Gasteiger partial charge is 0.365 e. The van der Waals surface area contributed by atoms with E-state index >= 15 is 0 Å². The maximum absolute atomic E-state index is 14.1. The van der Waals surface area contributed by atoms with Gasteiger partial charge in [-0.25, -0.2) is 8.42 Å². The van der Waals surface area contributed by atoms with Crippen LogP contribution in [0.2, 0.25) is 18.1 Å². The molecule has 2 heterocycles. The number of hydrogen-bond acceptors (Lipinski definition) is 3. The summed E-state index contributed by atoms with van der Waals surface area (Å²) in [6, 6.07) is 24.0. The van der Waals surface area contributed by atoms with E-state index in [9.17, 15) is 13.2 Å². The van der Waals surface area contributed by atoms with Gasteiger partial charge in [-0.1, -0.05) is 100 Å². The number of carbonyl (C=O) groups excluding carboxylic acids is 1. The number of nitrogens with zero attached hydrogens (tertiary/aromatic N) is 2. The minimum atomic E-state index is -3.96. The molecule has 3 aromatic carbocycles. The molecule has 1 aliphatic rings. The molecule has 0 spiro atoms. The van der Waals surface area contributed by atoms with Gasteiger partial charge in [0.25, 0.3) is 0 Å². The van der Waals surface area contributed by atoms with E-state index in [0.717, 1.165) is 27.6 Å². The van der Waals surface area contributed by atoms with Crippen molar-refractivity contribution < 1.29 is 13.2 Å². The highest BCUT2D eigenvalue weighted by Gasteiger charge is 2.48. The Kier molecular flexibility index (Phi) is 6.09. The van der Waals surface area contributed by atoms with Crippen LogP contribution in [0.1, 0.15) is 54.0 Å². The fourth-order valence-electron chi connectivity index (χ4n) is 5.22. The van der Waals surface area contributed by atoms with E-state index in [4.69, 9.17) is 0 Å². The van der Waals surface area contributed by atoms with Crippen LogP contribution in [0.3, 0.4) is 0 Å². The quantitative estimate of drug-likeness (QED) is 0.273. The number of hydrogen-bond donors (Lipinski definition) is 0. The number of Topliss-reactive ketones (excluding diaryl/α,β-unsaturated/α-hetero) is 1. The second-order valence-electron chi connectivity index (χ2n) is 11.5. The van der Waals surface area contributed by atoms with Gasteiger partial charge >= 0.3 is 0 Å². The van der Waals surface area contributed by atoms with Gasteiger partial charge in [-0.15, -0.1) is 0 Å². The molecule has 37 heavy (non-hydrogen) atoms. The molecule has 1 atom stereocenters. The summed E-state index contributed by atoms with van der Waals surface area (Å²) in [5.41, 5.74) is 4.29. The van der Waals surface area contributed by atoms with Crippen molar-refractivity contribution in [1.82, 2.24) is 8.54 Å². The van der Waals surface area contributed by atoms with Gasteiger partial charge in [0.1, 0.15) is 0 Å². The van der Waals surface area contributed by atoms with Gasteiger partial charge in [0.15, 0.2) is 14.0 Å². The molecule has 0 amide bonds. The first kappa shape index (κ1) is 25.6. The van der Waals surface area contributed by atoms with Crippen LogP contribution in [-0.4, -0.2) is 37.5 Å². The predicted molar refractivity (Wildman–Crippen MR) is 152 cm³/mol. The zero-order chi connectivity index (χ0) is 26.8. The lowest BCUT2D eigenvalue weighted by Gasteiger charge is -2.41. The average Bonchev–Trinajstić information content (AvgIpc) is 3.21. The Morgan fingerprint density at radius 2 is 1.46 bits per heavy atom. The molecule has 0 saturated heterocycles. The van der Waals surface area contributed by atoms with Crippen molar-refractivity contribution in [2.75, 3.05) is 6.54 Å². The molecular weight excluding hydrogens is 496 g/mol. The van der Waals surface area contributed by atoms with Crippen LogP contribution in [0.15, 0.2) is 83.8 Å². The Balaban J connectivity index is 1.86. The van der Waals surface area contributed by atoms with E-state index in [1.54, 1.807) is 24.3 Å². The number of carbonyl (C=O) groups is 1. The molecular formula is C30H34N2O3SSi. The maximum atomic E-state index is 14.1. The fourth-order valence-corrected chi connectivity index (χ4v) is 9.04. The normalized spacial score (nSPS) is 17.2. The summed E-state index contributed by atoms with van der Waals surface area (Å²) in [4.78, 5) is 14.3. The third-order valence-electron chi connectivity index (χ3n) is 8.18. The predicted octanol–water partition coefficient (Wildman–Crippen LogP) is 6.78. The molecule has 4 aromatic rings. The molecule has 0 aliphatic carbocycles. The zero-order valence-corrected chi connectivity index (χ0v) is 24.1. The van der Waals surface area contributed by atoms with Gasteiger partial charge in [-0.2, -0.15) is 4.31 Å². The van der Waals surface area contributed by atoms with E-state index in [-0.39, 0.29) is 22.3 Å². The highest BCUT2D eigenvalue weighted by Crippen LogP contribution is 2.47. The lowest BCUT2D eigenvalue weighted by atomic mass is 9.92. The molecule has 192 valence electrons. The van der Waals surface area contributed by atoms with Gasteiger partial charge in [-0.05, 0) is 35.7 Å². The summed E-state index contributed by atoms with van der Waals surface area (Å²) in [6.45, 7) is 13.0. The van der Waals surface area contributed by atoms with Crippen LogP contribution in [-0.2, 0) is 10.0 Å². The van der Waals surface area contributed by atoms with Crippen molar-refractivity contribution >= 4 is 34.9 Å². The maximum Gasteiger partial charge on any atom is 0.244 e. The highest BCUT2D eigenvalue weighted by atomic mass is 32.2. The third-order valence-corrected chi connectivity index (χ3v) is 15.3. The number of aryl methyl sites for hydroxylation is 1. The highest BCUT2D eigenvalue weighted by molar-refractivity contribution is 7.89. The molecule has 7 heteroatoms. The second-order valence-corrected chi connectivity index (χ2v) is 18.5. The summed E-state index contributed by atoms with van der Waals surface area (Å²) >= 11 is 0. The number of benzene rings is 3. The second kappa shape index (κ2) is 8.79. The average molecular weight is 531 g/mol. The number of rotatable bonds is 4. The lowest BCUT2D eigenvalue weighted by molar-refractivity contribution is 0.0933. The molecule has 0 bridgehead atoms. The smallest absolute Gasteiger partial charge is 0.244 e. The molecule has 1 aliphatic heterocycles. The number of fused-ring (bicyclic) bond motifs is 3. The molecule has 5 nitrogen and oxygen atoms in total. The molecule has 1 unspecified atom stereocenters. The molecule has 1 aromatic heterocycles. The van der Waals surface area contributed by atoms with Crippen molar-refractivity contribution in [3.8, 4) is 0 Å². The summed E-state index contributed by atoms with van der Waals surface area (Å²) in [7, 11) is -6.22. The van der Waals surface area contributed by atoms with Crippen molar-refractivity contribution in [1.29, 1.82) is 0 Å². The Hall–Kier alpha value is -3.00. The lowest BCUT2D eigenvalue weighted by Crippen LogP contribution is -2.49. The first-order chi connectivity index (χ1) is 17.4. The van der Waals surface area contributed by atoms with Crippen molar-refractivity contribution in [3.63, 3.8) is 0 Å². The fraction of sp³-hybridized carbons (Fsp3) is 0.300. The Labute approximate surface area is 220 Å². The first-order valence-corrected chi connectivity index (χ1v) is 17.0. The SMILES string of the molecule is Cc1ccc(S(=O)(=O)N2CC(=O)c3c(c4ccccc4n3[Si](C)(C)C(C)(C)C)C2c2ccccc2)cc1. The molecule has 0 radical (unpaired) electrons. The van der Waals surface area contributed by atoms with Crippen LogP contribution in [0, 0.1) is 6.92 Å². The summed E-state index contributed by atoms with van der Waals surface area (Å²) in [6.07, 6.45) is 0. The Morgan fingerprint density at radius 3 is 2.08 bits per heavy atom. The monoisotopic (exact) mass is 530 g/mol. The Morgan fingerprint density at radius 1 is 0.865 bits per heavy atom. The van der Waals surface area contributed by atoms with E-state index in [1.165, 1.54) is 4.31 Å². The van der Waals surface area contributed by atoms with E-state index < -0.39 is 24.3 Å². The van der Waals surface area contributed by atoms with Gasteiger partial charge < -0.3 is 4.23 Å². The Bertz CT molecular complexity index is 1600. The van der Waals surface area contributed by atoms with Gasteiger partial charge in [0, 0.05) is 16.5 Å². The minimum absolute atomic E-state index is 0.0316. The molecule has 0 fully saturated rings. The van der Waals surface area contributed by atoms with Crippen molar-refractivity contribution in [2.45, 2.75) is 56.8 Å².